The predicted molar refractivity (Wildman–Crippen MR) is 149 cm³/mol. The van der Waals surface area contributed by atoms with Crippen LogP contribution in [0.25, 0.3) is 0 Å². The molecular formula is C28H62NO4S+. The van der Waals surface area contributed by atoms with Crippen LogP contribution in [0.5, 0.6) is 0 Å². The lowest BCUT2D eigenvalue weighted by atomic mass is 10.0. The lowest BCUT2D eigenvalue weighted by Crippen LogP contribution is -2.39. The van der Waals surface area contributed by atoms with E-state index in [4.69, 9.17) is 4.55 Å². The van der Waals surface area contributed by atoms with E-state index >= 15 is 0 Å². The van der Waals surface area contributed by atoms with Gasteiger partial charge in [-0.25, -0.2) is 4.18 Å². The zero-order chi connectivity index (χ0) is 26.0. The second kappa shape index (κ2) is 25.9. The second-order valence-corrected chi connectivity index (χ2v) is 11.6. The average Bonchev–Trinajstić information content (AvgIpc) is 2.77. The minimum Gasteiger partial charge on any atom is -0.329 e. The van der Waals surface area contributed by atoms with Gasteiger partial charge in [0.2, 0.25) is 0 Å². The second-order valence-electron chi connectivity index (χ2n) is 10.5. The largest absolute Gasteiger partial charge is 0.397 e. The molecule has 0 aromatic rings. The van der Waals surface area contributed by atoms with Crippen LogP contribution in [-0.4, -0.2) is 51.2 Å². The van der Waals surface area contributed by atoms with Gasteiger partial charge in [-0.05, 0) is 26.7 Å². The summed E-state index contributed by atoms with van der Waals surface area (Å²) in [6, 6.07) is 0. The van der Waals surface area contributed by atoms with Crippen LogP contribution in [-0.2, 0) is 14.6 Å². The van der Waals surface area contributed by atoms with Crippen LogP contribution in [0.3, 0.4) is 0 Å². The first-order valence-corrected chi connectivity index (χ1v) is 16.0. The molecule has 0 amide bonds. The zero-order valence-electron chi connectivity index (χ0n) is 23.8. The van der Waals surface area contributed by atoms with Crippen molar-refractivity contribution in [2.45, 2.75) is 149 Å². The van der Waals surface area contributed by atoms with Gasteiger partial charge in [0.05, 0.1) is 33.8 Å². The molecule has 0 saturated carbocycles. The Morgan fingerprint density at radius 2 is 0.853 bits per heavy atom. The molecule has 0 atom stereocenters. The third-order valence-corrected chi connectivity index (χ3v) is 7.27. The highest BCUT2D eigenvalue weighted by molar-refractivity contribution is 7.80. The smallest absolute Gasteiger partial charge is 0.329 e. The van der Waals surface area contributed by atoms with Gasteiger partial charge in [0.15, 0.2) is 0 Å². The van der Waals surface area contributed by atoms with Crippen LogP contribution in [0.15, 0.2) is 0 Å². The molecule has 0 aromatic heterocycles. The Hall–Kier alpha value is -0.170. The highest BCUT2D eigenvalue weighted by Gasteiger charge is 2.09. The highest BCUT2D eigenvalue weighted by atomic mass is 32.3. The Morgan fingerprint density at radius 1 is 0.559 bits per heavy atom. The molecule has 0 radical (unpaired) electrons. The molecule has 0 heterocycles. The van der Waals surface area contributed by atoms with E-state index in [0.29, 0.717) is 0 Å². The summed E-state index contributed by atoms with van der Waals surface area (Å²) in [5.41, 5.74) is 0. The number of nitrogens with zero attached hydrogens (tertiary/aromatic N) is 1. The molecule has 0 aliphatic rings. The molecule has 0 unspecified atom stereocenters. The molecule has 0 saturated heterocycles. The molecule has 208 valence electrons. The molecule has 0 aliphatic carbocycles. The summed E-state index contributed by atoms with van der Waals surface area (Å²) in [7, 11) is 0.539. The lowest BCUT2D eigenvalue weighted by molar-refractivity contribution is -0.888. The van der Waals surface area contributed by atoms with Crippen molar-refractivity contribution in [3.05, 3.63) is 0 Å². The van der Waals surface area contributed by atoms with Gasteiger partial charge in [-0.1, -0.05) is 122 Å². The Balaban J connectivity index is 0. The normalized spacial score (nSPS) is 11.9. The first-order chi connectivity index (χ1) is 16.2. The Labute approximate surface area is 215 Å². The topological polar surface area (TPSA) is 63.6 Å². The van der Waals surface area contributed by atoms with E-state index in [0.717, 1.165) is 0 Å². The first-order valence-electron chi connectivity index (χ1n) is 14.6. The van der Waals surface area contributed by atoms with Crippen molar-refractivity contribution in [3.63, 3.8) is 0 Å². The molecule has 0 spiro atoms. The average molecular weight is 509 g/mol. The van der Waals surface area contributed by atoms with Crippen molar-refractivity contribution >= 4 is 10.4 Å². The van der Waals surface area contributed by atoms with Crippen LogP contribution in [0.4, 0.5) is 0 Å². The van der Waals surface area contributed by atoms with Gasteiger partial charge in [-0.3, -0.25) is 4.55 Å². The van der Waals surface area contributed by atoms with Crippen molar-refractivity contribution < 1.29 is 21.6 Å². The van der Waals surface area contributed by atoms with Crippen LogP contribution in [0, 0.1) is 0 Å². The summed E-state index contributed by atoms with van der Waals surface area (Å²) in [4.78, 5) is 0. The molecule has 1 N–H and O–H groups in total. The fourth-order valence-electron chi connectivity index (χ4n) is 4.10. The van der Waals surface area contributed by atoms with Crippen LogP contribution in [0.1, 0.15) is 149 Å². The first kappa shape index (κ1) is 36.0. The molecule has 0 aromatic carbocycles. The number of rotatable bonds is 24. The minimum atomic E-state index is -4.17. The van der Waals surface area contributed by atoms with E-state index in [9.17, 15) is 8.42 Å². The van der Waals surface area contributed by atoms with Crippen LogP contribution < -0.4 is 0 Å². The highest BCUT2D eigenvalue weighted by Crippen LogP contribution is 2.15. The van der Waals surface area contributed by atoms with E-state index in [-0.39, 0.29) is 6.61 Å². The SMILES string of the molecule is CCCCCCCCCCCCCCCCCCCCCC[N+](C)(C)CC.CCOS(=O)(=O)O. The molecule has 0 aliphatic heterocycles. The molecule has 0 bridgehead atoms. The summed E-state index contributed by atoms with van der Waals surface area (Å²) in [5.74, 6) is 0. The van der Waals surface area contributed by atoms with E-state index < -0.39 is 10.4 Å². The third kappa shape index (κ3) is 34.0. The van der Waals surface area contributed by atoms with Gasteiger partial charge in [-0.15, -0.1) is 0 Å². The predicted octanol–water partition coefficient (Wildman–Crippen LogP) is 8.73. The van der Waals surface area contributed by atoms with Crippen LogP contribution in [0.2, 0.25) is 0 Å². The van der Waals surface area contributed by atoms with Gasteiger partial charge in [0.25, 0.3) is 0 Å². The maximum atomic E-state index is 9.56. The van der Waals surface area contributed by atoms with Crippen molar-refractivity contribution in [1.29, 1.82) is 0 Å². The summed E-state index contributed by atoms with van der Waals surface area (Å²) >= 11 is 0. The number of hydrogen-bond acceptors (Lipinski definition) is 3. The quantitative estimate of drug-likeness (QED) is 0.0804. The monoisotopic (exact) mass is 508 g/mol. The van der Waals surface area contributed by atoms with Gasteiger partial charge in [0.1, 0.15) is 0 Å². The van der Waals surface area contributed by atoms with Crippen molar-refractivity contribution in [1.82, 2.24) is 0 Å². The number of quaternary nitrogens is 1. The summed E-state index contributed by atoms with van der Waals surface area (Å²) in [5, 5.41) is 0. The molecule has 0 fully saturated rings. The lowest BCUT2D eigenvalue weighted by Gasteiger charge is -2.28. The van der Waals surface area contributed by atoms with E-state index in [1.807, 2.05) is 0 Å². The van der Waals surface area contributed by atoms with Gasteiger partial charge in [-0.2, -0.15) is 8.42 Å². The minimum absolute atomic E-state index is 0.0289. The van der Waals surface area contributed by atoms with Gasteiger partial charge >= 0.3 is 10.4 Å². The van der Waals surface area contributed by atoms with Gasteiger partial charge in [0, 0.05) is 0 Å². The summed E-state index contributed by atoms with van der Waals surface area (Å²) < 4.78 is 31.8. The number of hydrogen-bond donors (Lipinski definition) is 1. The maximum absolute atomic E-state index is 9.56. The fourth-order valence-corrected chi connectivity index (χ4v) is 4.40. The van der Waals surface area contributed by atoms with E-state index in [1.54, 1.807) is 0 Å². The maximum Gasteiger partial charge on any atom is 0.397 e. The van der Waals surface area contributed by atoms with Crippen LogP contribution >= 0.6 is 0 Å². The van der Waals surface area contributed by atoms with E-state index in [1.165, 1.54) is 153 Å². The Morgan fingerprint density at radius 3 is 1.06 bits per heavy atom. The number of unbranched alkanes of at least 4 members (excludes halogenated alkanes) is 19. The fraction of sp³-hybridized carbons (Fsp3) is 1.00. The van der Waals surface area contributed by atoms with E-state index in [2.05, 4.69) is 32.1 Å². The summed E-state index contributed by atoms with van der Waals surface area (Å²) in [6.07, 6.45) is 29.4. The Bertz CT molecular complexity index is 495. The summed E-state index contributed by atoms with van der Waals surface area (Å²) in [6.45, 7) is 8.66. The zero-order valence-corrected chi connectivity index (χ0v) is 24.6. The third-order valence-electron chi connectivity index (χ3n) is 6.74. The molecular weight excluding hydrogens is 446 g/mol. The van der Waals surface area contributed by atoms with Crippen molar-refractivity contribution in [2.24, 2.45) is 0 Å². The molecule has 34 heavy (non-hydrogen) atoms. The van der Waals surface area contributed by atoms with Gasteiger partial charge < -0.3 is 4.48 Å². The molecule has 5 nitrogen and oxygen atoms in total. The Kier molecular flexibility index (Phi) is 27.4. The van der Waals surface area contributed by atoms with Crippen molar-refractivity contribution in [2.75, 3.05) is 33.8 Å². The molecule has 6 heteroatoms. The standard InChI is InChI=1S/C26H56N.C2H6O4S/c1-5-7-8-9-10-11-12-13-14-15-16-17-18-19-20-21-22-23-24-25-26-27(3,4)6-2;1-2-6-7(3,4)5/h5-26H2,1-4H3;2H2,1H3,(H,3,4,5)/q+1;. The van der Waals surface area contributed by atoms with Crippen molar-refractivity contribution in [3.8, 4) is 0 Å². The molecule has 0 rings (SSSR count).